The minimum absolute atomic E-state index is 0.0389. The number of fused-ring (bicyclic) bond motifs is 2. The Bertz CT molecular complexity index is 1240. The number of hydrogen-bond donors (Lipinski definition) is 1. The molecule has 3 aromatic rings. The molecule has 1 fully saturated rings. The molecule has 1 amide bonds. The van der Waals surface area contributed by atoms with Crippen LogP contribution in [0.1, 0.15) is 46.4 Å². The van der Waals surface area contributed by atoms with Gasteiger partial charge in [-0.25, -0.2) is 4.98 Å². The van der Waals surface area contributed by atoms with E-state index < -0.39 is 0 Å². The molecule has 1 aromatic heterocycles. The molecular weight excluding hydrogens is 416 g/mol. The third kappa shape index (κ3) is 3.85. The Hall–Kier alpha value is -3.38. The number of carbonyl (C=O) groups excluding carboxylic acids is 1. The molecule has 2 aromatic carbocycles. The maximum absolute atomic E-state index is 13.7. The van der Waals surface area contributed by atoms with Gasteiger partial charge in [0.05, 0.1) is 37.1 Å². The van der Waals surface area contributed by atoms with Crippen LogP contribution in [0.2, 0.25) is 0 Å². The van der Waals surface area contributed by atoms with Crippen molar-refractivity contribution in [1.29, 1.82) is 0 Å². The lowest BCUT2D eigenvalue weighted by atomic mass is 9.98. The molecule has 0 bridgehead atoms. The number of methoxy groups -OCH3 is 2. The zero-order valence-electron chi connectivity index (χ0n) is 19.0. The summed E-state index contributed by atoms with van der Waals surface area (Å²) in [5, 5.41) is 10.8. The minimum Gasteiger partial charge on any atom is -0.493 e. The molecule has 5 rings (SSSR count). The van der Waals surface area contributed by atoms with Crippen LogP contribution in [0.15, 0.2) is 42.5 Å². The third-order valence-electron chi connectivity index (χ3n) is 6.67. The average Bonchev–Trinajstić information content (AvgIpc) is 3.24. The number of amides is 1. The molecule has 1 N–H and O–H groups in total. The molecule has 0 atom stereocenters. The Morgan fingerprint density at radius 1 is 1.06 bits per heavy atom. The first-order valence-electron chi connectivity index (χ1n) is 11.4. The van der Waals surface area contributed by atoms with Crippen LogP contribution in [0.3, 0.4) is 0 Å². The topological polar surface area (TPSA) is 71.9 Å². The van der Waals surface area contributed by atoms with Gasteiger partial charge in [-0.2, -0.15) is 0 Å². The van der Waals surface area contributed by atoms with Gasteiger partial charge in [-0.1, -0.05) is 30.3 Å². The number of aromatic nitrogens is 1. The van der Waals surface area contributed by atoms with Crippen molar-refractivity contribution in [3.05, 3.63) is 64.8 Å². The van der Waals surface area contributed by atoms with E-state index in [2.05, 4.69) is 6.08 Å². The molecule has 33 heavy (non-hydrogen) atoms. The van der Waals surface area contributed by atoms with Gasteiger partial charge in [-0.3, -0.25) is 4.79 Å². The van der Waals surface area contributed by atoms with Gasteiger partial charge < -0.3 is 19.5 Å². The number of aliphatic hydroxyl groups is 1. The molecule has 1 aliphatic carbocycles. The first-order chi connectivity index (χ1) is 16.1. The van der Waals surface area contributed by atoms with Crippen LogP contribution in [0.5, 0.6) is 11.5 Å². The monoisotopic (exact) mass is 444 g/mol. The van der Waals surface area contributed by atoms with Crippen molar-refractivity contribution in [3.8, 4) is 11.5 Å². The number of likely N-dealkylation sites (tertiary alicyclic amines) is 1. The maximum atomic E-state index is 13.7. The predicted molar refractivity (Wildman–Crippen MR) is 129 cm³/mol. The van der Waals surface area contributed by atoms with E-state index in [1.807, 2.05) is 47.4 Å². The van der Waals surface area contributed by atoms with Crippen molar-refractivity contribution in [2.45, 2.75) is 31.8 Å². The lowest BCUT2D eigenvalue weighted by Crippen LogP contribution is -2.40. The number of para-hydroxylation sites is 2. The van der Waals surface area contributed by atoms with E-state index >= 15 is 0 Å². The van der Waals surface area contributed by atoms with Crippen molar-refractivity contribution < 1.29 is 19.4 Å². The summed E-state index contributed by atoms with van der Waals surface area (Å²) >= 11 is 0. The molecule has 0 radical (unpaired) electrons. The second-order valence-electron chi connectivity index (χ2n) is 8.61. The van der Waals surface area contributed by atoms with Gasteiger partial charge in [0.25, 0.3) is 5.91 Å². The number of carbonyl (C=O) groups is 1. The van der Waals surface area contributed by atoms with E-state index in [0.29, 0.717) is 37.4 Å². The number of ether oxygens (including phenoxy) is 2. The summed E-state index contributed by atoms with van der Waals surface area (Å²) in [5.74, 6) is 1.40. The highest BCUT2D eigenvalue weighted by atomic mass is 16.5. The Morgan fingerprint density at radius 3 is 2.61 bits per heavy atom. The molecule has 0 spiro atoms. The number of rotatable bonds is 4. The van der Waals surface area contributed by atoms with E-state index in [1.54, 1.807) is 14.2 Å². The fourth-order valence-electron chi connectivity index (χ4n) is 4.96. The SMILES string of the molecule is COc1cccc(/C=C2/CCc3c2nc2ccccc2c3C(=O)N2CCC(O)CC2)c1OC. The fourth-order valence-corrected chi connectivity index (χ4v) is 4.96. The number of allylic oxidation sites excluding steroid dienone is 1. The normalized spacial score (nSPS) is 17.4. The molecule has 0 unspecified atom stereocenters. The average molecular weight is 445 g/mol. The summed E-state index contributed by atoms with van der Waals surface area (Å²) < 4.78 is 11.1. The molecule has 6 heteroatoms. The van der Waals surface area contributed by atoms with Crippen LogP contribution >= 0.6 is 0 Å². The maximum Gasteiger partial charge on any atom is 0.254 e. The van der Waals surface area contributed by atoms with E-state index in [4.69, 9.17) is 14.5 Å². The summed E-state index contributed by atoms with van der Waals surface area (Å²) in [5.41, 5.74) is 5.49. The molecule has 2 aliphatic rings. The molecule has 170 valence electrons. The van der Waals surface area contributed by atoms with E-state index in [-0.39, 0.29) is 12.0 Å². The van der Waals surface area contributed by atoms with Crippen LogP contribution in [-0.4, -0.2) is 54.3 Å². The van der Waals surface area contributed by atoms with E-state index in [1.165, 1.54) is 0 Å². The summed E-state index contributed by atoms with van der Waals surface area (Å²) in [6, 6.07) is 13.7. The van der Waals surface area contributed by atoms with Gasteiger partial charge in [-0.15, -0.1) is 0 Å². The highest BCUT2D eigenvalue weighted by Crippen LogP contribution is 2.40. The number of hydrogen-bond acceptors (Lipinski definition) is 5. The van der Waals surface area contributed by atoms with Crippen LogP contribution in [0, 0.1) is 0 Å². The second kappa shape index (κ2) is 8.87. The quantitative estimate of drug-likeness (QED) is 0.648. The van der Waals surface area contributed by atoms with Gasteiger partial charge in [0.2, 0.25) is 0 Å². The Balaban J connectivity index is 1.63. The number of nitrogens with zero attached hydrogens (tertiary/aromatic N) is 2. The van der Waals surface area contributed by atoms with Crippen LogP contribution in [0.25, 0.3) is 22.6 Å². The minimum atomic E-state index is -0.318. The Kier molecular flexibility index (Phi) is 5.77. The van der Waals surface area contributed by atoms with Crippen molar-refractivity contribution >= 4 is 28.5 Å². The van der Waals surface area contributed by atoms with E-state index in [0.717, 1.165) is 51.7 Å². The highest BCUT2D eigenvalue weighted by molar-refractivity contribution is 6.09. The van der Waals surface area contributed by atoms with Gasteiger partial charge in [0.15, 0.2) is 11.5 Å². The summed E-state index contributed by atoms with van der Waals surface area (Å²) in [6.45, 7) is 1.16. The van der Waals surface area contributed by atoms with E-state index in [9.17, 15) is 9.90 Å². The molecule has 1 saturated heterocycles. The zero-order chi connectivity index (χ0) is 22.9. The molecular formula is C27H28N2O4. The van der Waals surface area contributed by atoms with Crippen LogP contribution in [0.4, 0.5) is 0 Å². The van der Waals surface area contributed by atoms with Gasteiger partial charge >= 0.3 is 0 Å². The van der Waals surface area contributed by atoms with Crippen molar-refractivity contribution in [2.24, 2.45) is 0 Å². The van der Waals surface area contributed by atoms with Gasteiger partial charge in [-0.05, 0) is 55.0 Å². The molecule has 2 heterocycles. The lowest BCUT2D eigenvalue weighted by molar-refractivity contribution is 0.0547. The van der Waals surface area contributed by atoms with Gasteiger partial charge in [0.1, 0.15) is 0 Å². The number of benzene rings is 2. The first-order valence-corrected chi connectivity index (χ1v) is 11.4. The van der Waals surface area contributed by atoms with Gasteiger partial charge in [0, 0.05) is 24.0 Å². The standard InChI is InChI=1S/C27H28N2O4/c1-32-23-9-5-6-18(26(23)33-2)16-17-10-11-21-24(27(31)29-14-12-19(30)13-15-29)20-7-3-4-8-22(20)28-25(17)21/h3-9,16,19,30H,10-15H2,1-2H3/b17-16-. The number of pyridine rings is 1. The largest absolute Gasteiger partial charge is 0.493 e. The fraction of sp³-hybridized carbons (Fsp3) is 0.333. The second-order valence-corrected chi connectivity index (χ2v) is 8.61. The third-order valence-corrected chi connectivity index (χ3v) is 6.67. The first kappa shape index (κ1) is 21.5. The molecule has 1 aliphatic heterocycles. The van der Waals surface area contributed by atoms with Crippen LogP contribution in [-0.2, 0) is 6.42 Å². The zero-order valence-corrected chi connectivity index (χ0v) is 19.0. The van der Waals surface area contributed by atoms with Crippen LogP contribution < -0.4 is 9.47 Å². The Labute approximate surface area is 193 Å². The summed E-state index contributed by atoms with van der Waals surface area (Å²) in [6.07, 6.45) is 4.60. The molecule has 0 saturated carbocycles. The number of piperidine rings is 1. The summed E-state index contributed by atoms with van der Waals surface area (Å²) in [7, 11) is 3.27. The lowest BCUT2D eigenvalue weighted by Gasteiger charge is -2.30. The summed E-state index contributed by atoms with van der Waals surface area (Å²) in [4.78, 5) is 20.5. The predicted octanol–water partition coefficient (Wildman–Crippen LogP) is 4.34. The number of aliphatic hydroxyl groups excluding tert-OH is 1. The van der Waals surface area contributed by atoms with Crippen molar-refractivity contribution in [2.75, 3.05) is 27.3 Å². The smallest absolute Gasteiger partial charge is 0.254 e. The van der Waals surface area contributed by atoms with Crippen molar-refractivity contribution in [3.63, 3.8) is 0 Å². The van der Waals surface area contributed by atoms with Crippen molar-refractivity contribution in [1.82, 2.24) is 9.88 Å². The highest BCUT2D eigenvalue weighted by Gasteiger charge is 2.30. The Morgan fingerprint density at radius 2 is 1.85 bits per heavy atom. The molecule has 6 nitrogen and oxygen atoms in total.